The van der Waals surface area contributed by atoms with E-state index in [1.54, 1.807) is 6.92 Å². The van der Waals surface area contributed by atoms with Crippen LogP contribution in [-0.4, -0.2) is 158 Å². The number of hydrogen-bond donors (Lipinski definition) is 6. The van der Waals surface area contributed by atoms with Gasteiger partial charge in [0.05, 0.1) is 0 Å². The lowest BCUT2D eigenvalue weighted by atomic mass is 9.78. The summed E-state index contributed by atoms with van der Waals surface area (Å²) in [5.41, 5.74) is -0.138. The molecule has 4 aliphatic heterocycles. The molecule has 14 nitrogen and oxygen atoms in total. The maximum Gasteiger partial charge on any atom is 0.317 e. The quantitative estimate of drug-likeness (QED) is 0.0386. The van der Waals surface area contributed by atoms with Crippen molar-refractivity contribution in [2.24, 2.45) is 0 Å². The van der Waals surface area contributed by atoms with Gasteiger partial charge in [-0.05, 0) is 234 Å². The Morgan fingerprint density at radius 3 is 0.962 bits per heavy atom. The van der Waals surface area contributed by atoms with Crippen molar-refractivity contribution in [1.29, 1.82) is 0 Å². The lowest BCUT2D eigenvalue weighted by molar-refractivity contribution is -0.135. The Hall–Kier alpha value is -2.52. The molecule has 6 N–H and O–H groups in total. The number of urea groups is 2. The molecular weight excluding hydrogens is 973 g/mol. The van der Waals surface area contributed by atoms with E-state index in [9.17, 15) is 19.2 Å². The molecule has 5 amide bonds. The van der Waals surface area contributed by atoms with E-state index in [2.05, 4.69) is 169 Å². The van der Waals surface area contributed by atoms with E-state index in [4.69, 9.17) is 0 Å². The summed E-state index contributed by atoms with van der Waals surface area (Å²) >= 11 is 0. The van der Waals surface area contributed by atoms with E-state index < -0.39 is 0 Å². The normalized spacial score (nSPS) is 22.7. The van der Waals surface area contributed by atoms with E-state index in [1.165, 1.54) is 25.7 Å². The average molecular weight is 1100 g/mol. The number of Topliss-reactive ketones (excluding diaryl/α,β-unsaturated/α-hetero) is 1. The van der Waals surface area contributed by atoms with E-state index in [0.717, 1.165) is 129 Å². The van der Waals surface area contributed by atoms with Crippen LogP contribution in [-0.2, 0) is 9.59 Å². The lowest BCUT2D eigenvalue weighted by Crippen LogP contribution is -2.63. The minimum Gasteiger partial charge on any atom is -0.340 e. The van der Waals surface area contributed by atoms with Gasteiger partial charge in [-0.3, -0.25) is 4.79 Å². The summed E-state index contributed by atoms with van der Waals surface area (Å²) in [4.78, 5) is 63.0. The lowest BCUT2D eigenvalue weighted by Gasteiger charge is -2.49. The molecule has 0 spiro atoms. The highest BCUT2D eigenvalue weighted by Gasteiger charge is 2.44. The SMILES string of the molecule is CC(=O)CCCCCNC(=O)N(CCCCCCN(C(=O)NCCCCCC(=O)N(CCCCCCN(C)C1CC(C)(C)NC(C)(C)C1)C1CC(C)(C)NC(C)(C)C1)C1CC(C)(C)NC(C)(C)C1)C1CC(C)(C)NC(C)(C)C1. The number of nitrogens with one attached hydrogen (secondary N) is 6. The van der Waals surface area contributed by atoms with Crippen molar-refractivity contribution in [3.8, 4) is 0 Å². The minimum absolute atomic E-state index is 0.0233. The number of unbranched alkanes of at least 4 members (excludes halogenated alkanes) is 10. The summed E-state index contributed by atoms with van der Waals surface area (Å²) in [6.07, 6.45) is 22.6. The molecule has 0 unspecified atom stereocenters. The monoisotopic (exact) mass is 1100 g/mol. The highest BCUT2D eigenvalue weighted by atomic mass is 16.2. The van der Waals surface area contributed by atoms with Gasteiger partial charge in [-0.1, -0.05) is 38.5 Å². The molecule has 0 bridgehead atoms. The molecular formula is C64H124N10O4. The molecule has 0 saturated carbocycles. The number of rotatable bonds is 30. The molecule has 4 heterocycles. The Morgan fingerprint density at radius 1 is 0.359 bits per heavy atom. The number of carbonyl (C=O) groups excluding carboxylic acids is 4. The van der Waals surface area contributed by atoms with E-state index >= 15 is 0 Å². The first-order valence-corrected chi connectivity index (χ1v) is 31.7. The standard InChI is InChI=1S/C64H124N10O4/c1-49(75)33-25-23-27-35-65-55(77)73(52-45-61(10,11)69-62(12,13)46-52)39-31-21-22-32-40-74(53-47-63(14,15)70-64(16,17)48-53)56(78)66-36-28-24-26-34-54(76)72(51-43-59(6,7)68-60(8,9)44-51)38-30-20-19-29-37-71(18)50-41-57(2,3)67-58(4,5)42-50/h50-53,67-70H,19-48H2,1-18H3,(H,65,77)(H,66,78). The smallest absolute Gasteiger partial charge is 0.317 e. The molecule has 4 saturated heterocycles. The van der Waals surface area contributed by atoms with Crippen LogP contribution in [0.25, 0.3) is 0 Å². The zero-order chi connectivity index (χ0) is 58.4. The summed E-state index contributed by atoms with van der Waals surface area (Å²) < 4.78 is 0. The zero-order valence-corrected chi connectivity index (χ0v) is 53.9. The van der Waals surface area contributed by atoms with Gasteiger partial charge in [-0.25, -0.2) is 9.59 Å². The Labute approximate surface area is 479 Å². The van der Waals surface area contributed by atoms with Gasteiger partial charge in [-0.2, -0.15) is 0 Å². The van der Waals surface area contributed by atoms with Gasteiger partial charge in [0, 0.05) is 114 Å². The van der Waals surface area contributed by atoms with Gasteiger partial charge in [0.15, 0.2) is 0 Å². The molecule has 78 heavy (non-hydrogen) atoms. The topological polar surface area (TPSA) is 153 Å². The van der Waals surface area contributed by atoms with Gasteiger partial charge in [0.2, 0.25) is 5.91 Å². The van der Waals surface area contributed by atoms with Crippen molar-refractivity contribution in [1.82, 2.24) is 51.5 Å². The van der Waals surface area contributed by atoms with Crippen molar-refractivity contribution in [3.63, 3.8) is 0 Å². The van der Waals surface area contributed by atoms with Crippen LogP contribution in [0.1, 0.15) is 272 Å². The van der Waals surface area contributed by atoms with Crippen LogP contribution < -0.4 is 31.9 Å². The van der Waals surface area contributed by atoms with Gasteiger partial charge >= 0.3 is 12.1 Å². The fraction of sp³-hybridized carbons (Fsp3) is 0.938. The zero-order valence-electron chi connectivity index (χ0n) is 53.9. The second kappa shape index (κ2) is 29.1. The maximum atomic E-state index is 14.3. The molecule has 0 aromatic heterocycles. The largest absolute Gasteiger partial charge is 0.340 e. The van der Waals surface area contributed by atoms with E-state index in [-0.39, 0.29) is 80.3 Å². The van der Waals surface area contributed by atoms with Crippen molar-refractivity contribution >= 4 is 23.8 Å². The Bertz CT molecular complexity index is 1810. The number of carbonyl (C=O) groups is 4. The van der Waals surface area contributed by atoms with Crippen LogP contribution >= 0.6 is 0 Å². The van der Waals surface area contributed by atoms with Crippen LogP contribution in [0.5, 0.6) is 0 Å². The molecule has 4 aliphatic rings. The fourth-order valence-corrected chi connectivity index (χ4v) is 15.5. The molecule has 0 aliphatic carbocycles. The number of piperidine rings is 4. The van der Waals surface area contributed by atoms with E-state index in [1.807, 2.05) is 0 Å². The van der Waals surface area contributed by atoms with Gasteiger partial charge in [0.1, 0.15) is 5.78 Å². The van der Waals surface area contributed by atoms with Gasteiger partial charge in [-0.15, -0.1) is 0 Å². The Balaban J connectivity index is 1.28. The molecule has 0 aromatic carbocycles. The summed E-state index contributed by atoms with van der Waals surface area (Å²) in [6, 6.07) is 1.14. The van der Waals surface area contributed by atoms with Gasteiger partial charge in [0.25, 0.3) is 0 Å². The van der Waals surface area contributed by atoms with Gasteiger partial charge < -0.3 is 56.3 Å². The number of ketones is 1. The molecule has 4 fully saturated rings. The first kappa shape index (κ1) is 68.0. The summed E-state index contributed by atoms with van der Waals surface area (Å²) in [5.74, 6) is 0.513. The number of nitrogens with zero attached hydrogens (tertiary/aromatic N) is 4. The maximum absolute atomic E-state index is 14.3. The van der Waals surface area contributed by atoms with Crippen LogP contribution in [0.3, 0.4) is 0 Å². The predicted octanol–water partition coefficient (Wildman–Crippen LogP) is 11.8. The van der Waals surface area contributed by atoms with Crippen molar-refractivity contribution in [2.75, 3.05) is 46.3 Å². The molecule has 0 radical (unpaired) electrons. The predicted molar refractivity (Wildman–Crippen MR) is 326 cm³/mol. The van der Waals surface area contributed by atoms with Crippen LogP contribution in [0, 0.1) is 0 Å². The van der Waals surface area contributed by atoms with Crippen LogP contribution in [0.2, 0.25) is 0 Å². The fourth-order valence-electron chi connectivity index (χ4n) is 15.5. The van der Waals surface area contributed by atoms with Crippen LogP contribution in [0.4, 0.5) is 9.59 Å². The third-order valence-corrected chi connectivity index (χ3v) is 17.5. The Morgan fingerprint density at radius 2 is 0.628 bits per heavy atom. The number of amides is 5. The summed E-state index contributed by atoms with van der Waals surface area (Å²) in [7, 11) is 2.31. The molecule has 14 heteroatoms. The first-order chi connectivity index (χ1) is 36.0. The Kier molecular flexibility index (Phi) is 25.4. The average Bonchev–Trinajstić information content (AvgIpc) is 3.24. The van der Waals surface area contributed by atoms with Crippen molar-refractivity contribution < 1.29 is 19.2 Å². The molecule has 0 atom stereocenters. The third kappa shape index (κ3) is 24.5. The summed E-state index contributed by atoms with van der Waals surface area (Å²) in [5, 5.41) is 21.9. The second-order valence-corrected chi connectivity index (χ2v) is 30.9. The first-order valence-electron chi connectivity index (χ1n) is 31.7. The molecule has 0 aromatic rings. The van der Waals surface area contributed by atoms with Crippen molar-refractivity contribution in [3.05, 3.63) is 0 Å². The third-order valence-electron chi connectivity index (χ3n) is 17.5. The van der Waals surface area contributed by atoms with Crippen molar-refractivity contribution in [2.45, 2.75) is 340 Å². The second-order valence-electron chi connectivity index (χ2n) is 30.9. The number of hydrogen-bond acceptors (Lipinski definition) is 9. The highest BCUT2D eigenvalue weighted by Crippen LogP contribution is 2.36. The molecule has 454 valence electrons. The van der Waals surface area contributed by atoms with E-state index in [0.29, 0.717) is 51.0 Å². The highest BCUT2D eigenvalue weighted by molar-refractivity contribution is 5.77. The summed E-state index contributed by atoms with van der Waals surface area (Å²) in [6.45, 7) is 42.7. The van der Waals surface area contributed by atoms with Crippen LogP contribution in [0.15, 0.2) is 0 Å². The molecule has 4 rings (SSSR count). The minimum atomic E-state index is -0.0967.